The van der Waals surface area contributed by atoms with E-state index < -0.39 is 0 Å². The van der Waals surface area contributed by atoms with Crippen molar-refractivity contribution in [3.63, 3.8) is 0 Å². The van der Waals surface area contributed by atoms with Gasteiger partial charge in [-0.2, -0.15) is 0 Å². The summed E-state index contributed by atoms with van der Waals surface area (Å²) in [6.07, 6.45) is 5.06. The van der Waals surface area contributed by atoms with Crippen LogP contribution in [0.25, 0.3) is 0 Å². The molecule has 0 amide bonds. The number of hydrogen-bond donors (Lipinski definition) is 1. The second-order valence-electron chi connectivity index (χ2n) is 3.42. The molecule has 0 atom stereocenters. The molecule has 0 rings (SSSR count). The van der Waals surface area contributed by atoms with E-state index in [-0.39, 0.29) is 0 Å². The first-order valence-electron chi connectivity index (χ1n) is 5.39. The van der Waals surface area contributed by atoms with Crippen LogP contribution in [-0.4, -0.2) is 31.1 Å². The van der Waals surface area contributed by atoms with Crippen molar-refractivity contribution in [1.82, 2.24) is 4.90 Å². The van der Waals surface area contributed by atoms with Gasteiger partial charge in [0.1, 0.15) is 0 Å². The number of unbranched alkanes of at least 4 members (excludes halogenated alkanes) is 2. The Morgan fingerprint density at radius 2 is 1.54 bits per heavy atom. The number of nitrogens with two attached hydrogens (primary N) is 1. The average Bonchev–Trinajstić information content (AvgIpc) is 2.17. The summed E-state index contributed by atoms with van der Waals surface area (Å²) in [5, 5.41) is 0. The molecule has 3 nitrogen and oxygen atoms in total. The van der Waals surface area contributed by atoms with Crippen LogP contribution in [0, 0.1) is 0 Å². The van der Waals surface area contributed by atoms with E-state index in [4.69, 9.17) is 5.90 Å². The minimum absolute atomic E-state index is 0.646. The van der Waals surface area contributed by atoms with Crippen molar-refractivity contribution >= 4 is 0 Å². The fourth-order valence-corrected chi connectivity index (χ4v) is 1.28. The van der Waals surface area contributed by atoms with Gasteiger partial charge in [-0.15, -0.1) is 0 Å². The van der Waals surface area contributed by atoms with Gasteiger partial charge >= 0.3 is 0 Å². The van der Waals surface area contributed by atoms with Crippen LogP contribution in [0.5, 0.6) is 0 Å². The van der Waals surface area contributed by atoms with E-state index in [1.807, 2.05) is 0 Å². The first-order valence-corrected chi connectivity index (χ1v) is 5.39. The van der Waals surface area contributed by atoms with E-state index in [0.717, 1.165) is 6.54 Å². The molecular weight excluding hydrogens is 164 g/mol. The molecule has 0 fully saturated rings. The summed E-state index contributed by atoms with van der Waals surface area (Å²) < 4.78 is 0. The van der Waals surface area contributed by atoms with Crippen molar-refractivity contribution < 1.29 is 4.84 Å². The van der Waals surface area contributed by atoms with Crippen LogP contribution in [0.2, 0.25) is 0 Å². The van der Waals surface area contributed by atoms with Crippen LogP contribution in [-0.2, 0) is 4.84 Å². The Labute approximate surface area is 82.2 Å². The van der Waals surface area contributed by atoms with Gasteiger partial charge in [0.15, 0.2) is 0 Å². The molecule has 0 aliphatic heterocycles. The van der Waals surface area contributed by atoms with Crippen molar-refractivity contribution in [3.05, 3.63) is 0 Å². The molecule has 0 heterocycles. The third kappa shape index (κ3) is 8.22. The predicted molar refractivity (Wildman–Crippen MR) is 56.4 cm³/mol. The summed E-state index contributed by atoms with van der Waals surface area (Å²) in [6.45, 7) is 8.42. The lowest BCUT2D eigenvalue weighted by Gasteiger charge is -2.20. The Morgan fingerprint density at radius 1 is 1.00 bits per heavy atom. The lowest BCUT2D eigenvalue weighted by molar-refractivity contribution is 0.104. The monoisotopic (exact) mass is 188 g/mol. The Kier molecular flexibility index (Phi) is 9.87. The fraction of sp³-hybridized carbons (Fsp3) is 1.00. The smallest absolute Gasteiger partial charge is 0.0806 e. The summed E-state index contributed by atoms with van der Waals surface area (Å²) in [7, 11) is 0. The minimum atomic E-state index is 0.646. The molecule has 13 heavy (non-hydrogen) atoms. The molecule has 0 aromatic heterocycles. The van der Waals surface area contributed by atoms with E-state index in [2.05, 4.69) is 23.6 Å². The highest BCUT2D eigenvalue weighted by molar-refractivity contribution is 4.56. The first kappa shape index (κ1) is 12.9. The van der Waals surface area contributed by atoms with Crippen molar-refractivity contribution in [1.29, 1.82) is 0 Å². The minimum Gasteiger partial charge on any atom is -0.303 e. The van der Waals surface area contributed by atoms with Gasteiger partial charge in [0.2, 0.25) is 0 Å². The summed E-state index contributed by atoms with van der Waals surface area (Å²) in [6, 6.07) is 0. The zero-order valence-corrected chi connectivity index (χ0v) is 9.09. The van der Waals surface area contributed by atoms with Gasteiger partial charge in [-0.25, -0.2) is 5.90 Å². The molecule has 2 N–H and O–H groups in total. The Bertz CT molecular complexity index is 79.9. The average molecular weight is 188 g/mol. The van der Waals surface area contributed by atoms with Crippen molar-refractivity contribution in [2.24, 2.45) is 5.90 Å². The summed E-state index contributed by atoms with van der Waals surface area (Å²) in [4.78, 5) is 7.02. The summed E-state index contributed by atoms with van der Waals surface area (Å²) in [5.41, 5.74) is 0. The maximum atomic E-state index is 5.01. The van der Waals surface area contributed by atoms with Crippen LogP contribution in [0.3, 0.4) is 0 Å². The predicted octanol–water partition coefficient (Wildman–Crippen LogP) is 1.78. The van der Waals surface area contributed by atoms with Crippen molar-refractivity contribution in [3.8, 4) is 0 Å². The van der Waals surface area contributed by atoms with Crippen molar-refractivity contribution in [2.75, 3.05) is 26.2 Å². The van der Waals surface area contributed by atoms with E-state index in [0.29, 0.717) is 6.61 Å². The van der Waals surface area contributed by atoms with Gasteiger partial charge in [-0.1, -0.05) is 26.7 Å². The highest BCUT2D eigenvalue weighted by atomic mass is 16.6. The molecule has 0 aliphatic rings. The Balaban J connectivity index is 3.47. The lowest BCUT2D eigenvalue weighted by Crippen LogP contribution is -2.30. The van der Waals surface area contributed by atoms with Crippen LogP contribution in [0.1, 0.15) is 39.5 Å². The van der Waals surface area contributed by atoms with Gasteiger partial charge in [-0.3, -0.25) is 0 Å². The van der Waals surface area contributed by atoms with Gasteiger partial charge in [0, 0.05) is 6.54 Å². The lowest BCUT2D eigenvalue weighted by atomic mass is 10.2. The quantitative estimate of drug-likeness (QED) is 0.561. The Morgan fingerprint density at radius 3 is 1.92 bits per heavy atom. The van der Waals surface area contributed by atoms with Gasteiger partial charge in [0.05, 0.1) is 6.61 Å². The van der Waals surface area contributed by atoms with E-state index >= 15 is 0 Å². The summed E-state index contributed by atoms with van der Waals surface area (Å²) >= 11 is 0. The molecule has 0 bridgehead atoms. The highest BCUT2D eigenvalue weighted by Crippen LogP contribution is 1.98. The molecule has 80 valence electrons. The maximum absolute atomic E-state index is 5.01. The zero-order valence-electron chi connectivity index (χ0n) is 9.09. The van der Waals surface area contributed by atoms with Crippen molar-refractivity contribution in [2.45, 2.75) is 39.5 Å². The zero-order chi connectivity index (χ0) is 9.94. The van der Waals surface area contributed by atoms with Crippen LogP contribution in [0.15, 0.2) is 0 Å². The first-order chi connectivity index (χ1) is 6.35. The Hall–Kier alpha value is -0.120. The molecule has 0 spiro atoms. The topological polar surface area (TPSA) is 38.5 Å². The van der Waals surface area contributed by atoms with Crippen LogP contribution in [0.4, 0.5) is 0 Å². The summed E-state index contributed by atoms with van der Waals surface area (Å²) in [5.74, 6) is 5.01. The van der Waals surface area contributed by atoms with Crippen LogP contribution < -0.4 is 5.90 Å². The van der Waals surface area contributed by atoms with Gasteiger partial charge < -0.3 is 9.74 Å². The molecule has 0 aliphatic carbocycles. The van der Waals surface area contributed by atoms with Crippen LogP contribution >= 0.6 is 0 Å². The SMILES string of the molecule is CCCCN(CCCC)CCON. The van der Waals surface area contributed by atoms with Gasteiger partial charge in [0.25, 0.3) is 0 Å². The number of rotatable bonds is 9. The molecule has 3 heteroatoms. The van der Waals surface area contributed by atoms with E-state index in [1.54, 1.807) is 0 Å². The second kappa shape index (κ2) is 9.96. The van der Waals surface area contributed by atoms with E-state index in [9.17, 15) is 0 Å². The molecule has 0 saturated heterocycles. The fourth-order valence-electron chi connectivity index (χ4n) is 1.28. The number of nitrogens with zero attached hydrogens (tertiary/aromatic N) is 1. The largest absolute Gasteiger partial charge is 0.303 e. The third-order valence-electron chi connectivity index (χ3n) is 2.18. The molecular formula is C10H24N2O. The standard InChI is InChI=1S/C10H24N2O/c1-3-5-7-12(8-6-4-2)9-10-13-11/h3-11H2,1-2H3. The molecule has 0 unspecified atom stereocenters. The normalized spacial score (nSPS) is 11.1. The van der Waals surface area contributed by atoms with E-state index in [1.165, 1.54) is 38.8 Å². The molecule has 0 saturated carbocycles. The maximum Gasteiger partial charge on any atom is 0.0806 e. The molecule has 0 aromatic carbocycles. The number of hydrogen-bond acceptors (Lipinski definition) is 3. The second-order valence-corrected chi connectivity index (χ2v) is 3.42. The van der Waals surface area contributed by atoms with Gasteiger partial charge in [-0.05, 0) is 25.9 Å². The third-order valence-corrected chi connectivity index (χ3v) is 2.18. The molecule has 0 radical (unpaired) electrons. The highest BCUT2D eigenvalue weighted by Gasteiger charge is 2.02. The molecule has 0 aromatic rings.